The summed E-state index contributed by atoms with van der Waals surface area (Å²) in [6, 6.07) is 10.2. The Labute approximate surface area is 84.5 Å². The lowest BCUT2D eigenvalue weighted by molar-refractivity contribution is 0.178. The normalized spacial score (nSPS) is 26.8. The van der Waals surface area contributed by atoms with Gasteiger partial charge in [-0.15, -0.1) is 12.4 Å². The molecule has 72 valence electrons. The van der Waals surface area contributed by atoms with Gasteiger partial charge >= 0.3 is 0 Å². The highest BCUT2D eigenvalue weighted by Crippen LogP contribution is 2.26. The van der Waals surface area contributed by atoms with Crippen molar-refractivity contribution in [2.24, 2.45) is 5.73 Å². The first-order chi connectivity index (χ1) is 5.81. The molecule has 1 aliphatic heterocycles. The number of hydrogen-bond acceptors (Lipinski definition) is 2. The van der Waals surface area contributed by atoms with E-state index >= 15 is 0 Å². The van der Waals surface area contributed by atoms with E-state index in [4.69, 9.17) is 10.5 Å². The van der Waals surface area contributed by atoms with E-state index in [0.717, 1.165) is 13.0 Å². The summed E-state index contributed by atoms with van der Waals surface area (Å²) in [6.45, 7) is 1.43. The van der Waals surface area contributed by atoms with Crippen LogP contribution in [0, 0.1) is 0 Å². The number of nitrogens with two attached hydrogens (primary N) is 1. The smallest absolute Gasteiger partial charge is 0.0689 e. The van der Waals surface area contributed by atoms with Gasteiger partial charge in [-0.2, -0.15) is 0 Å². The van der Waals surface area contributed by atoms with Gasteiger partial charge in [0.05, 0.1) is 12.1 Å². The first-order valence-corrected chi connectivity index (χ1v) is 4.23. The monoisotopic (exact) mass is 199 g/mol. The van der Waals surface area contributed by atoms with Gasteiger partial charge in [0, 0.05) is 6.61 Å². The average molecular weight is 200 g/mol. The van der Waals surface area contributed by atoms with Gasteiger partial charge in [0.25, 0.3) is 0 Å². The molecule has 1 fully saturated rings. The lowest BCUT2D eigenvalue weighted by Crippen LogP contribution is -2.36. The molecule has 0 bridgehead atoms. The van der Waals surface area contributed by atoms with Crippen LogP contribution in [0.2, 0.25) is 0 Å². The zero-order valence-electron chi connectivity index (χ0n) is 7.40. The van der Waals surface area contributed by atoms with Crippen LogP contribution in [-0.2, 0) is 10.3 Å². The molecule has 2 rings (SSSR count). The molecule has 2 nitrogen and oxygen atoms in total. The molecule has 0 aromatic heterocycles. The van der Waals surface area contributed by atoms with Gasteiger partial charge < -0.3 is 10.5 Å². The molecule has 2 N–H and O–H groups in total. The third kappa shape index (κ3) is 2.02. The van der Waals surface area contributed by atoms with Crippen molar-refractivity contribution in [1.29, 1.82) is 0 Å². The van der Waals surface area contributed by atoms with E-state index < -0.39 is 0 Å². The van der Waals surface area contributed by atoms with Gasteiger partial charge in [-0.25, -0.2) is 0 Å². The first kappa shape index (κ1) is 10.5. The molecule has 1 aliphatic rings. The van der Waals surface area contributed by atoms with Crippen molar-refractivity contribution in [2.45, 2.75) is 12.0 Å². The Balaban J connectivity index is 0.000000845. The molecule has 0 spiro atoms. The van der Waals surface area contributed by atoms with Gasteiger partial charge in [0.1, 0.15) is 0 Å². The lowest BCUT2D eigenvalue weighted by atomic mass is 9.91. The quantitative estimate of drug-likeness (QED) is 0.747. The van der Waals surface area contributed by atoms with Crippen LogP contribution in [0.5, 0.6) is 0 Å². The second-order valence-corrected chi connectivity index (χ2v) is 3.32. The van der Waals surface area contributed by atoms with E-state index in [1.54, 1.807) is 0 Å². The Morgan fingerprint density at radius 2 is 1.92 bits per heavy atom. The van der Waals surface area contributed by atoms with Crippen molar-refractivity contribution in [3.8, 4) is 0 Å². The van der Waals surface area contributed by atoms with Crippen LogP contribution in [0.25, 0.3) is 0 Å². The van der Waals surface area contributed by atoms with Gasteiger partial charge in [-0.3, -0.25) is 0 Å². The summed E-state index contributed by atoms with van der Waals surface area (Å²) >= 11 is 0. The fourth-order valence-corrected chi connectivity index (χ4v) is 1.58. The molecular formula is C10H14ClNO. The van der Waals surface area contributed by atoms with Crippen molar-refractivity contribution in [3.05, 3.63) is 35.9 Å². The third-order valence-electron chi connectivity index (χ3n) is 2.40. The highest BCUT2D eigenvalue weighted by Gasteiger charge is 2.31. The second-order valence-electron chi connectivity index (χ2n) is 3.32. The average Bonchev–Trinajstić information content (AvgIpc) is 2.55. The summed E-state index contributed by atoms with van der Waals surface area (Å²) in [6.07, 6.45) is 0.928. The molecule has 3 heteroatoms. The van der Waals surface area contributed by atoms with E-state index in [0.29, 0.717) is 6.61 Å². The molecule has 1 atom stereocenters. The van der Waals surface area contributed by atoms with E-state index in [9.17, 15) is 0 Å². The van der Waals surface area contributed by atoms with E-state index in [1.165, 1.54) is 5.56 Å². The van der Waals surface area contributed by atoms with Crippen molar-refractivity contribution in [3.63, 3.8) is 0 Å². The van der Waals surface area contributed by atoms with E-state index in [2.05, 4.69) is 12.1 Å². The van der Waals surface area contributed by atoms with Crippen molar-refractivity contribution >= 4 is 12.4 Å². The molecular weight excluding hydrogens is 186 g/mol. The summed E-state index contributed by atoms with van der Waals surface area (Å²) in [5, 5.41) is 0. The summed E-state index contributed by atoms with van der Waals surface area (Å²) in [4.78, 5) is 0. The predicted octanol–water partition coefficient (Wildman–Crippen LogP) is 1.68. The zero-order chi connectivity index (χ0) is 8.44. The van der Waals surface area contributed by atoms with Crippen LogP contribution in [0.3, 0.4) is 0 Å². The van der Waals surface area contributed by atoms with Gasteiger partial charge in [-0.05, 0) is 12.0 Å². The standard InChI is InChI=1S/C10H13NO.ClH/c11-10(6-7-12-8-10)9-4-2-1-3-5-9;/h1-5H,6-8,11H2;1H. The zero-order valence-corrected chi connectivity index (χ0v) is 8.22. The molecule has 1 aromatic rings. The van der Waals surface area contributed by atoms with Gasteiger partial charge in [0.15, 0.2) is 0 Å². The fraction of sp³-hybridized carbons (Fsp3) is 0.400. The Hall–Kier alpha value is -0.570. The first-order valence-electron chi connectivity index (χ1n) is 4.23. The molecule has 1 saturated heterocycles. The lowest BCUT2D eigenvalue weighted by Gasteiger charge is -2.21. The molecule has 1 unspecified atom stereocenters. The third-order valence-corrected chi connectivity index (χ3v) is 2.40. The van der Waals surface area contributed by atoms with E-state index in [-0.39, 0.29) is 17.9 Å². The maximum Gasteiger partial charge on any atom is 0.0689 e. The Morgan fingerprint density at radius 3 is 2.46 bits per heavy atom. The largest absolute Gasteiger partial charge is 0.379 e. The SMILES string of the molecule is Cl.NC1(c2ccccc2)CCOC1. The fourth-order valence-electron chi connectivity index (χ4n) is 1.58. The summed E-state index contributed by atoms with van der Waals surface area (Å²) in [7, 11) is 0. The van der Waals surface area contributed by atoms with Gasteiger partial charge in [0.2, 0.25) is 0 Å². The van der Waals surface area contributed by atoms with Crippen LogP contribution in [0.15, 0.2) is 30.3 Å². The molecule has 1 heterocycles. The summed E-state index contributed by atoms with van der Waals surface area (Å²) in [5.74, 6) is 0. The number of halogens is 1. The van der Waals surface area contributed by atoms with Crippen LogP contribution in [0.1, 0.15) is 12.0 Å². The molecule has 0 radical (unpaired) electrons. The minimum absolute atomic E-state index is 0. The molecule has 0 aliphatic carbocycles. The Kier molecular flexibility index (Phi) is 3.31. The minimum Gasteiger partial charge on any atom is -0.379 e. The maximum atomic E-state index is 6.16. The highest BCUT2D eigenvalue weighted by atomic mass is 35.5. The van der Waals surface area contributed by atoms with Crippen molar-refractivity contribution in [2.75, 3.05) is 13.2 Å². The highest BCUT2D eigenvalue weighted by molar-refractivity contribution is 5.85. The maximum absolute atomic E-state index is 6.16. The number of rotatable bonds is 1. The molecule has 1 aromatic carbocycles. The Morgan fingerprint density at radius 1 is 1.23 bits per heavy atom. The second kappa shape index (κ2) is 4.09. The van der Waals surface area contributed by atoms with Crippen LogP contribution in [0.4, 0.5) is 0 Å². The Bertz CT molecular complexity index is 257. The van der Waals surface area contributed by atoms with Crippen LogP contribution < -0.4 is 5.73 Å². The topological polar surface area (TPSA) is 35.2 Å². The summed E-state index contributed by atoms with van der Waals surface area (Å²) < 4.78 is 5.29. The summed E-state index contributed by atoms with van der Waals surface area (Å²) in [5.41, 5.74) is 7.10. The van der Waals surface area contributed by atoms with Crippen molar-refractivity contribution in [1.82, 2.24) is 0 Å². The minimum atomic E-state index is -0.235. The number of ether oxygens (including phenoxy) is 1. The molecule has 0 amide bonds. The number of benzene rings is 1. The van der Waals surface area contributed by atoms with Crippen LogP contribution >= 0.6 is 12.4 Å². The van der Waals surface area contributed by atoms with Gasteiger partial charge in [-0.1, -0.05) is 30.3 Å². The van der Waals surface area contributed by atoms with E-state index in [1.807, 2.05) is 18.2 Å². The molecule has 0 saturated carbocycles. The number of hydrogen-bond donors (Lipinski definition) is 1. The molecule has 13 heavy (non-hydrogen) atoms. The van der Waals surface area contributed by atoms with Crippen LogP contribution in [-0.4, -0.2) is 13.2 Å². The predicted molar refractivity (Wildman–Crippen MR) is 55.0 cm³/mol. The van der Waals surface area contributed by atoms with Crippen molar-refractivity contribution < 1.29 is 4.74 Å².